The predicted molar refractivity (Wildman–Crippen MR) is 76.9 cm³/mol. The van der Waals surface area contributed by atoms with E-state index in [-0.39, 0.29) is 0 Å². The molecule has 2 heterocycles. The topological polar surface area (TPSA) is 64.1 Å². The summed E-state index contributed by atoms with van der Waals surface area (Å²) in [5, 5.41) is 4.29. The number of nitrogens with one attached hydrogen (secondary N) is 1. The lowest BCUT2D eigenvalue weighted by atomic mass is 10.2. The summed E-state index contributed by atoms with van der Waals surface area (Å²) in [5.74, 6) is 2.64. The lowest BCUT2D eigenvalue weighted by molar-refractivity contribution is 0.490. The number of nitrogens with zero attached hydrogens (tertiary/aromatic N) is 1. The van der Waals surface area contributed by atoms with Gasteiger partial charge in [0.2, 0.25) is 0 Å². The molecular weight excluding hydrogens is 238 g/mol. The number of aromatic nitrogens is 1. The molecule has 0 spiro atoms. The van der Waals surface area contributed by atoms with Crippen LogP contribution in [0.1, 0.15) is 11.5 Å². The highest BCUT2D eigenvalue weighted by molar-refractivity contribution is 5.83. The van der Waals surface area contributed by atoms with Gasteiger partial charge in [0.25, 0.3) is 0 Å². The first kappa shape index (κ1) is 11.6. The molecule has 4 heteroatoms. The van der Waals surface area contributed by atoms with Crippen LogP contribution >= 0.6 is 0 Å². The van der Waals surface area contributed by atoms with Crippen LogP contribution < -0.4 is 11.1 Å². The summed E-state index contributed by atoms with van der Waals surface area (Å²) in [7, 11) is 0. The van der Waals surface area contributed by atoms with Crippen LogP contribution in [0.25, 0.3) is 10.9 Å². The molecule has 0 bridgehead atoms. The number of nitrogens with two attached hydrogens (primary N) is 1. The third-order valence-electron chi connectivity index (χ3n) is 2.95. The van der Waals surface area contributed by atoms with Gasteiger partial charge in [-0.2, -0.15) is 0 Å². The van der Waals surface area contributed by atoms with E-state index in [0.29, 0.717) is 6.54 Å². The maximum absolute atomic E-state index is 5.74. The second-order valence-corrected chi connectivity index (χ2v) is 4.51. The average molecular weight is 253 g/mol. The number of fused-ring (bicyclic) bond motifs is 1. The lowest BCUT2D eigenvalue weighted by Gasteiger charge is -2.05. The lowest BCUT2D eigenvalue weighted by Crippen LogP contribution is -2.00. The minimum Gasteiger partial charge on any atom is -0.465 e. The van der Waals surface area contributed by atoms with Gasteiger partial charge >= 0.3 is 0 Å². The van der Waals surface area contributed by atoms with Gasteiger partial charge in [0.15, 0.2) is 0 Å². The molecule has 0 fully saturated rings. The van der Waals surface area contributed by atoms with Gasteiger partial charge < -0.3 is 15.5 Å². The second-order valence-electron chi connectivity index (χ2n) is 4.51. The highest BCUT2D eigenvalue weighted by Crippen LogP contribution is 2.18. The molecule has 0 aliphatic carbocycles. The van der Waals surface area contributed by atoms with Crippen LogP contribution in [0.15, 0.2) is 46.9 Å². The van der Waals surface area contributed by atoms with E-state index in [2.05, 4.69) is 10.3 Å². The minimum atomic E-state index is 0.626. The van der Waals surface area contributed by atoms with Crippen LogP contribution in [0, 0.1) is 6.92 Å². The van der Waals surface area contributed by atoms with Crippen molar-refractivity contribution < 1.29 is 4.42 Å². The molecule has 3 N–H and O–H groups in total. The molecule has 4 nitrogen and oxygen atoms in total. The van der Waals surface area contributed by atoms with Crippen molar-refractivity contribution in [2.24, 2.45) is 0 Å². The van der Waals surface area contributed by atoms with Crippen LogP contribution in [-0.2, 0) is 6.54 Å². The van der Waals surface area contributed by atoms with Crippen LogP contribution in [0.2, 0.25) is 0 Å². The number of hydrogen-bond donors (Lipinski definition) is 2. The zero-order valence-corrected chi connectivity index (χ0v) is 10.7. The summed E-state index contributed by atoms with van der Waals surface area (Å²) in [5.41, 5.74) is 7.42. The maximum Gasteiger partial charge on any atom is 0.127 e. The van der Waals surface area contributed by atoms with Gasteiger partial charge in [-0.25, -0.2) is 4.98 Å². The molecule has 0 aliphatic heterocycles. The highest BCUT2D eigenvalue weighted by atomic mass is 16.3. The van der Waals surface area contributed by atoms with Gasteiger partial charge in [0.1, 0.15) is 17.3 Å². The molecule has 0 saturated carbocycles. The Morgan fingerprint density at radius 2 is 2.05 bits per heavy atom. The fourth-order valence-electron chi connectivity index (χ4n) is 2.00. The van der Waals surface area contributed by atoms with Gasteiger partial charge in [-0.3, -0.25) is 0 Å². The number of benzene rings is 1. The molecule has 0 radical (unpaired) electrons. The van der Waals surface area contributed by atoms with Crippen molar-refractivity contribution in [3.8, 4) is 0 Å². The summed E-state index contributed by atoms with van der Waals surface area (Å²) < 4.78 is 5.50. The molecule has 2 aromatic heterocycles. The van der Waals surface area contributed by atoms with Crippen LogP contribution in [0.4, 0.5) is 11.5 Å². The first-order valence-electron chi connectivity index (χ1n) is 6.16. The minimum absolute atomic E-state index is 0.626. The molecule has 0 saturated heterocycles. The van der Waals surface area contributed by atoms with E-state index in [0.717, 1.165) is 33.9 Å². The Kier molecular flexibility index (Phi) is 2.83. The predicted octanol–water partition coefficient (Wildman–Crippen LogP) is 3.33. The second kappa shape index (κ2) is 4.65. The Hall–Kier alpha value is -2.49. The van der Waals surface area contributed by atoms with Gasteiger partial charge in [-0.15, -0.1) is 0 Å². The van der Waals surface area contributed by atoms with E-state index in [4.69, 9.17) is 10.2 Å². The molecular formula is C15H15N3O. The third-order valence-corrected chi connectivity index (χ3v) is 2.95. The van der Waals surface area contributed by atoms with E-state index in [1.165, 1.54) is 0 Å². The van der Waals surface area contributed by atoms with Crippen molar-refractivity contribution in [3.05, 3.63) is 54.0 Å². The van der Waals surface area contributed by atoms with Gasteiger partial charge in [0, 0.05) is 11.1 Å². The van der Waals surface area contributed by atoms with E-state index >= 15 is 0 Å². The summed E-state index contributed by atoms with van der Waals surface area (Å²) in [6.45, 7) is 2.56. The fourth-order valence-corrected chi connectivity index (χ4v) is 2.00. The molecule has 3 aromatic rings. The molecule has 19 heavy (non-hydrogen) atoms. The molecule has 1 aromatic carbocycles. The number of hydrogen-bond acceptors (Lipinski definition) is 4. The average Bonchev–Trinajstić information content (AvgIpc) is 2.82. The fraction of sp³-hybridized carbons (Fsp3) is 0.133. The van der Waals surface area contributed by atoms with Gasteiger partial charge in [-0.1, -0.05) is 0 Å². The summed E-state index contributed by atoms with van der Waals surface area (Å²) in [6, 6.07) is 13.6. The zero-order chi connectivity index (χ0) is 13.2. The van der Waals surface area contributed by atoms with E-state index in [1.54, 1.807) is 0 Å². The molecule has 3 rings (SSSR count). The third kappa shape index (κ3) is 2.52. The Morgan fingerprint density at radius 1 is 1.16 bits per heavy atom. The first-order chi connectivity index (χ1) is 9.20. The number of anilines is 2. The van der Waals surface area contributed by atoms with E-state index in [9.17, 15) is 0 Å². The Morgan fingerprint density at radius 3 is 2.84 bits per heavy atom. The van der Waals surface area contributed by atoms with E-state index < -0.39 is 0 Å². The Labute approximate surface area is 111 Å². The van der Waals surface area contributed by atoms with Crippen molar-refractivity contribution in [2.45, 2.75) is 13.5 Å². The van der Waals surface area contributed by atoms with Gasteiger partial charge in [0.05, 0.1) is 12.1 Å². The molecule has 0 amide bonds. The number of rotatable bonds is 3. The normalized spacial score (nSPS) is 10.8. The quantitative estimate of drug-likeness (QED) is 0.703. The van der Waals surface area contributed by atoms with Gasteiger partial charge in [-0.05, 0) is 49.4 Å². The smallest absolute Gasteiger partial charge is 0.127 e. The number of pyridine rings is 1. The van der Waals surface area contributed by atoms with Crippen molar-refractivity contribution in [3.63, 3.8) is 0 Å². The molecule has 96 valence electrons. The Balaban J connectivity index is 1.79. The van der Waals surface area contributed by atoms with Crippen molar-refractivity contribution in [1.29, 1.82) is 0 Å². The zero-order valence-electron chi connectivity index (χ0n) is 10.7. The van der Waals surface area contributed by atoms with Crippen LogP contribution in [0.5, 0.6) is 0 Å². The molecule has 0 aliphatic rings. The van der Waals surface area contributed by atoms with Crippen LogP contribution in [0.3, 0.4) is 0 Å². The number of furan rings is 1. The number of aryl methyl sites for hydroxylation is 1. The summed E-state index contributed by atoms with van der Waals surface area (Å²) in [6.07, 6.45) is 0. The molecule has 0 atom stereocenters. The van der Waals surface area contributed by atoms with Crippen LogP contribution in [-0.4, -0.2) is 4.98 Å². The summed E-state index contributed by atoms with van der Waals surface area (Å²) >= 11 is 0. The monoisotopic (exact) mass is 253 g/mol. The van der Waals surface area contributed by atoms with E-state index in [1.807, 2.05) is 49.4 Å². The highest BCUT2D eigenvalue weighted by Gasteiger charge is 2.01. The first-order valence-corrected chi connectivity index (χ1v) is 6.16. The van der Waals surface area contributed by atoms with Crippen molar-refractivity contribution in [2.75, 3.05) is 11.1 Å². The largest absolute Gasteiger partial charge is 0.465 e. The standard InChI is InChI=1S/C15H15N3O/c1-10-2-5-13(19-10)9-17-15-7-3-11-8-12(16)4-6-14(11)18-15/h2-8H,9,16H2,1H3,(H,17,18). The van der Waals surface area contributed by atoms with Crippen molar-refractivity contribution >= 4 is 22.4 Å². The SMILES string of the molecule is Cc1ccc(CNc2ccc3cc(N)ccc3n2)o1. The maximum atomic E-state index is 5.74. The van der Waals surface area contributed by atoms with Crippen molar-refractivity contribution in [1.82, 2.24) is 4.98 Å². The Bertz CT molecular complexity index is 718. The molecule has 0 unspecified atom stereocenters. The summed E-state index contributed by atoms with van der Waals surface area (Å²) in [4.78, 5) is 4.53. The number of nitrogen functional groups attached to an aromatic ring is 1.